The van der Waals surface area contributed by atoms with Crippen molar-refractivity contribution in [3.05, 3.63) is 35.9 Å². The molecule has 0 heterocycles. The van der Waals surface area contributed by atoms with Gasteiger partial charge in [0, 0.05) is 11.6 Å². The van der Waals surface area contributed by atoms with Crippen LogP contribution in [-0.2, 0) is 0 Å². The highest BCUT2D eigenvalue weighted by atomic mass is 32.1. The average Bonchev–Trinajstić information content (AvgIpc) is 2.40. The van der Waals surface area contributed by atoms with Crippen LogP contribution in [-0.4, -0.2) is 22.0 Å². The predicted molar refractivity (Wildman–Crippen MR) is 76.3 cm³/mol. The zero-order valence-electron chi connectivity index (χ0n) is 10.3. The molecule has 1 amide bonds. The Labute approximate surface area is 113 Å². The van der Waals surface area contributed by atoms with Gasteiger partial charge in [0.2, 0.25) is 0 Å². The predicted octanol–water partition coefficient (Wildman–Crippen LogP) is 2.71. The number of benzene rings is 1. The maximum absolute atomic E-state index is 12.4. The summed E-state index contributed by atoms with van der Waals surface area (Å²) in [7, 11) is 0. The Bertz CT molecular complexity index is 427. The summed E-state index contributed by atoms with van der Waals surface area (Å²) in [5, 5.41) is 0.191. The van der Waals surface area contributed by atoms with Gasteiger partial charge in [-0.25, -0.2) is 0 Å². The number of carbonyl (C=O) groups is 1. The maximum atomic E-state index is 12.4. The van der Waals surface area contributed by atoms with E-state index < -0.39 is 0 Å². The third-order valence-electron chi connectivity index (χ3n) is 3.42. The third-order valence-corrected chi connectivity index (χ3v) is 3.61. The number of nitrogens with two attached hydrogens (primary N) is 1. The largest absolute Gasteiger partial charge is 0.376 e. The molecule has 0 atom stereocenters. The van der Waals surface area contributed by atoms with E-state index in [1.807, 2.05) is 18.2 Å². The second kappa shape index (κ2) is 5.96. The topological polar surface area (TPSA) is 46.3 Å². The van der Waals surface area contributed by atoms with E-state index in [2.05, 4.69) is 0 Å². The molecule has 3 nitrogen and oxygen atoms in total. The van der Waals surface area contributed by atoms with Crippen LogP contribution < -0.4 is 5.73 Å². The molecule has 0 bridgehead atoms. The van der Waals surface area contributed by atoms with E-state index in [1.165, 1.54) is 6.42 Å². The van der Waals surface area contributed by atoms with Gasteiger partial charge in [-0.05, 0) is 37.2 Å². The van der Waals surface area contributed by atoms with Crippen LogP contribution in [0.2, 0.25) is 0 Å². The van der Waals surface area contributed by atoms with Crippen molar-refractivity contribution in [1.29, 1.82) is 0 Å². The number of hydrogen-bond donors (Lipinski definition) is 1. The number of carbonyl (C=O) groups excluding carboxylic acids is 1. The minimum absolute atomic E-state index is 0.0741. The molecule has 0 spiro atoms. The Kier molecular flexibility index (Phi) is 4.31. The molecule has 1 aliphatic rings. The molecule has 2 rings (SSSR count). The van der Waals surface area contributed by atoms with Gasteiger partial charge >= 0.3 is 0 Å². The molecule has 0 saturated heterocycles. The summed E-state index contributed by atoms with van der Waals surface area (Å²) in [5.74, 6) is -0.0741. The van der Waals surface area contributed by atoms with E-state index in [-0.39, 0.29) is 17.1 Å². The van der Waals surface area contributed by atoms with E-state index in [9.17, 15) is 4.79 Å². The normalized spacial score (nSPS) is 16.2. The van der Waals surface area contributed by atoms with Crippen molar-refractivity contribution in [2.24, 2.45) is 5.73 Å². The first kappa shape index (κ1) is 13.0. The van der Waals surface area contributed by atoms with Gasteiger partial charge in [0.1, 0.15) is 0 Å². The third kappa shape index (κ3) is 2.88. The summed E-state index contributed by atoms with van der Waals surface area (Å²) in [6.07, 6.45) is 5.52. The highest BCUT2D eigenvalue weighted by Crippen LogP contribution is 2.24. The SMILES string of the molecule is NC(=S)N(C(=O)c1ccccc1)C1CCCCC1. The number of amides is 1. The lowest BCUT2D eigenvalue weighted by atomic mass is 9.94. The minimum atomic E-state index is -0.0741. The number of hydrogen-bond acceptors (Lipinski definition) is 2. The van der Waals surface area contributed by atoms with Gasteiger partial charge in [-0.1, -0.05) is 37.5 Å². The van der Waals surface area contributed by atoms with Gasteiger partial charge < -0.3 is 5.73 Å². The van der Waals surface area contributed by atoms with Crippen molar-refractivity contribution >= 4 is 23.2 Å². The van der Waals surface area contributed by atoms with Crippen molar-refractivity contribution in [2.45, 2.75) is 38.1 Å². The van der Waals surface area contributed by atoms with Gasteiger partial charge in [0.05, 0.1) is 0 Å². The molecule has 1 aliphatic carbocycles. The van der Waals surface area contributed by atoms with Gasteiger partial charge in [0.15, 0.2) is 5.11 Å². The van der Waals surface area contributed by atoms with E-state index in [0.29, 0.717) is 5.56 Å². The van der Waals surface area contributed by atoms with E-state index in [0.717, 1.165) is 25.7 Å². The molecule has 1 aromatic rings. The van der Waals surface area contributed by atoms with E-state index >= 15 is 0 Å². The molecule has 4 heteroatoms. The Balaban J connectivity index is 2.19. The fourth-order valence-corrected chi connectivity index (χ4v) is 2.74. The fraction of sp³-hybridized carbons (Fsp3) is 0.429. The van der Waals surface area contributed by atoms with Crippen molar-refractivity contribution < 1.29 is 4.79 Å². The summed E-state index contributed by atoms with van der Waals surface area (Å²) >= 11 is 5.06. The first-order valence-corrected chi connectivity index (χ1v) is 6.79. The molecule has 0 aliphatic heterocycles. The van der Waals surface area contributed by atoms with Crippen molar-refractivity contribution in [3.63, 3.8) is 0 Å². The highest BCUT2D eigenvalue weighted by Gasteiger charge is 2.28. The molecule has 0 aromatic heterocycles. The quantitative estimate of drug-likeness (QED) is 0.834. The lowest BCUT2D eigenvalue weighted by molar-refractivity contribution is 0.0778. The minimum Gasteiger partial charge on any atom is -0.376 e. The Morgan fingerprint density at radius 1 is 1.17 bits per heavy atom. The Hall–Kier alpha value is -1.42. The van der Waals surface area contributed by atoms with Crippen LogP contribution in [0.1, 0.15) is 42.5 Å². The van der Waals surface area contributed by atoms with Crippen molar-refractivity contribution in [2.75, 3.05) is 0 Å². The summed E-state index contributed by atoms with van der Waals surface area (Å²) in [5.41, 5.74) is 6.39. The van der Waals surface area contributed by atoms with Gasteiger partial charge in [-0.15, -0.1) is 0 Å². The monoisotopic (exact) mass is 262 g/mol. The maximum Gasteiger partial charge on any atom is 0.260 e. The van der Waals surface area contributed by atoms with Crippen LogP contribution in [0.15, 0.2) is 30.3 Å². The smallest absolute Gasteiger partial charge is 0.260 e. The molecule has 96 valence electrons. The molecule has 1 fully saturated rings. The molecular weight excluding hydrogens is 244 g/mol. The number of thiocarbonyl (C=S) groups is 1. The van der Waals surface area contributed by atoms with Crippen LogP contribution in [0.3, 0.4) is 0 Å². The Morgan fingerprint density at radius 2 is 1.78 bits per heavy atom. The average molecular weight is 262 g/mol. The molecule has 0 unspecified atom stereocenters. The van der Waals surface area contributed by atoms with Gasteiger partial charge in [-0.3, -0.25) is 9.69 Å². The van der Waals surface area contributed by atoms with Crippen LogP contribution in [0.25, 0.3) is 0 Å². The first-order valence-electron chi connectivity index (χ1n) is 6.38. The van der Waals surface area contributed by atoms with Gasteiger partial charge in [0.25, 0.3) is 5.91 Å². The lowest BCUT2D eigenvalue weighted by Gasteiger charge is -2.33. The second-order valence-electron chi connectivity index (χ2n) is 4.67. The fourth-order valence-electron chi connectivity index (χ4n) is 2.50. The summed E-state index contributed by atoms with van der Waals surface area (Å²) in [6.45, 7) is 0. The molecule has 18 heavy (non-hydrogen) atoms. The van der Waals surface area contributed by atoms with Gasteiger partial charge in [-0.2, -0.15) is 0 Å². The Morgan fingerprint density at radius 3 is 2.33 bits per heavy atom. The van der Waals surface area contributed by atoms with Crippen LogP contribution in [0.4, 0.5) is 0 Å². The number of nitrogens with zero attached hydrogens (tertiary/aromatic N) is 1. The zero-order chi connectivity index (χ0) is 13.0. The molecule has 1 saturated carbocycles. The standard InChI is InChI=1S/C14H18N2OS/c15-14(18)16(12-9-5-2-6-10-12)13(17)11-7-3-1-4-8-11/h1,3-4,7-8,12H,2,5-6,9-10H2,(H2,15,18). The van der Waals surface area contributed by atoms with Crippen LogP contribution in [0, 0.1) is 0 Å². The summed E-state index contributed by atoms with van der Waals surface area (Å²) in [6, 6.07) is 9.37. The lowest BCUT2D eigenvalue weighted by Crippen LogP contribution is -2.48. The summed E-state index contributed by atoms with van der Waals surface area (Å²) < 4.78 is 0. The number of rotatable bonds is 2. The second-order valence-corrected chi connectivity index (χ2v) is 5.09. The zero-order valence-corrected chi connectivity index (χ0v) is 11.2. The highest BCUT2D eigenvalue weighted by molar-refractivity contribution is 7.80. The molecule has 0 radical (unpaired) electrons. The van der Waals surface area contributed by atoms with E-state index in [1.54, 1.807) is 17.0 Å². The summed E-state index contributed by atoms with van der Waals surface area (Å²) in [4.78, 5) is 14.0. The first-order chi connectivity index (χ1) is 8.70. The van der Waals surface area contributed by atoms with Crippen LogP contribution >= 0.6 is 12.2 Å². The van der Waals surface area contributed by atoms with E-state index in [4.69, 9.17) is 18.0 Å². The van der Waals surface area contributed by atoms with Crippen molar-refractivity contribution in [1.82, 2.24) is 4.90 Å². The molecule has 2 N–H and O–H groups in total. The van der Waals surface area contributed by atoms with Crippen molar-refractivity contribution in [3.8, 4) is 0 Å². The molecular formula is C14H18N2OS. The van der Waals surface area contributed by atoms with Crippen LogP contribution in [0.5, 0.6) is 0 Å². The molecule has 1 aromatic carbocycles.